The Labute approximate surface area is 159 Å². The van der Waals surface area contributed by atoms with Gasteiger partial charge in [-0.05, 0) is 77.2 Å². The Morgan fingerprint density at radius 1 is 1.40 bits per heavy atom. The summed E-state index contributed by atoms with van der Waals surface area (Å²) in [5.74, 6) is 0.224. The van der Waals surface area contributed by atoms with E-state index in [0.29, 0.717) is 23.8 Å². The lowest BCUT2D eigenvalue weighted by Crippen LogP contribution is -2.29. The first kappa shape index (κ1) is 20.2. The predicted octanol–water partition coefficient (Wildman–Crippen LogP) is 6.50. The van der Waals surface area contributed by atoms with E-state index in [4.69, 9.17) is 4.74 Å². The Bertz CT molecular complexity index is 724. The van der Waals surface area contributed by atoms with Crippen LogP contribution in [0, 0.1) is 5.92 Å². The second kappa shape index (κ2) is 6.86. The van der Waals surface area contributed by atoms with Gasteiger partial charge in [0.05, 0.1) is 16.6 Å². The number of carbonyl (C=O) groups excluding carboxylic acids is 1. The number of halogens is 2. The largest absolute Gasteiger partial charge is 0.492 e. The van der Waals surface area contributed by atoms with Crippen molar-refractivity contribution in [3.05, 3.63) is 33.3 Å². The van der Waals surface area contributed by atoms with E-state index in [0.717, 1.165) is 22.0 Å². The average Bonchev–Trinajstić information content (AvgIpc) is 2.47. The summed E-state index contributed by atoms with van der Waals surface area (Å²) in [5.41, 5.74) is 1.62. The molecule has 1 aromatic carbocycles. The number of benzene rings is 1. The zero-order chi connectivity index (χ0) is 19.2. The summed E-state index contributed by atoms with van der Waals surface area (Å²) in [6.07, 6.45) is 3.16. The summed E-state index contributed by atoms with van der Waals surface area (Å²) < 4.78 is 21.0. The summed E-state index contributed by atoms with van der Waals surface area (Å²) in [6.45, 7) is 13.5. The molecule has 0 saturated carbocycles. The molecule has 0 N–H and O–H groups in total. The molecule has 0 amide bonds. The quantitative estimate of drug-likeness (QED) is 0.517. The van der Waals surface area contributed by atoms with Gasteiger partial charge in [0.1, 0.15) is 5.75 Å². The maximum absolute atomic E-state index is 14.4. The normalized spacial score (nSPS) is 16.5. The highest BCUT2D eigenvalue weighted by Crippen LogP contribution is 2.49. The van der Waals surface area contributed by atoms with Crippen molar-refractivity contribution in [3.8, 4) is 5.75 Å². The Kier molecular flexibility index (Phi) is 5.53. The van der Waals surface area contributed by atoms with Gasteiger partial charge in [0.15, 0.2) is 5.67 Å². The third-order valence-electron chi connectivity index (χ3n) is 4.74. The van der Waals surface area contributed by atoms with Crippen molar-refractivity contribution in [2.45, 2.75) is 66.0 Å². The first-order valence-electron chi connectivity index (χ1n) is 8.85. The molecule has 4 heteroatoms. The van der Waals surface area contributed by atoms with Crippen LogP contribution in [-0.4, -0.2) is 18.1 Å². The van der Waals surface area contributed by atoms with Crippen LogP contribution in [0.5, 0.6) is 5.75 Å². The minimum absolute atomic E-state index is 0.0920. The van der Waals surface area contributed by atoms with Crippen LogP contribution in [-0.2, 0) is 5.41 Å². The maximum Gasteiger partial charge on any atom is 0.203 e. The van der Waals surface area contributed by atoms with E-state index in [2.05, 4.69) is 49.7 Å². The van der Waals surface area contributed by atoms with E-state index in [1.807, 2.05) is 13.0 Å². The van der Waals surface area contributed by atoms with Gasteiger partial charge in [0.2, 0.25) is 5.78 Å². The number of allylic oxidation sites excluding steroid dienone is 2. The Balaban J connectivity index is 2.85. The molecule has 2 rings (SSSR count). The van der Waals surface area contributed by atoms with Gasteiger partial charge in [-0.25, -0.2) is 4.39 Å². The summed E-state index contributed by atoms with van der Waals surface area (Å²) in [5, 5.41) is 0. The number of rotatable bonds is 5. The third-order valence-corrected chi connectivity index (χ3v) is 5.49. The summed E-state index contributed by atoms with van der Waals surface area (Å²) >= 11 is 3.68. The molecule has 2 nitrogen and oxygen atoms in total. The van der Waals surface area contributed by atoms with E-state index in [-0.39, 0.29) is 5.41 Å². The monoisotopic (exact) mass is 410 g/mol. The van der Waals surface area contributed by atoms with Gasteiger partial charge in [-0.3, -0.25) is 4.79 Å². The second-order valence-corrected chi connectivity index (χ2v) is 8.92. The molecule has 0 saturated heterocycles. The Morgan fingerprint density at radius 2 is 2.00 bits per heavy atom. The Morgan fingerprint density at radius 3 is 2.48 bits per heavy atom. The fourth-order valence-corrected chi connectivity index (χ4v) is 4.50. The number of hydrogen-bond donors (Lipinski definition) is 0. The molecule has 0 radical (unpaired) electrons. The smallest absolute Gasteiger partial charge is 0.203 e. The fraction of sp³-hybridized carbons (Fsp3) is 0.571. The summed E-state index contributed by atoms with van der Waals surface area (Å²) in [4.78, 5) is 12.7. The molecule has 1 aromatic rings. The molecule has 0 heterocycles. The Hall–Kier alpha value is -1.16. The van der Waals surface area contributed by atoms with Crippen molar-refractivity contribution in [1.82, 2.24) is 0 Å². The van der Waals surface area contributed by atoms with E-state index in [9.17, 15) is 9.18 Å². The highest BCUT2D eigenvalue weighted by atomic mass is 79.9. The molecule has 0 spiro atoms. The van der Waals surface area contributed by atoms with Crippen LogP contribution in [0.15, 0.2) is 16.6 Å². The number of Topliss-reactive ketones (excluding diaryl/α,β-unsaturated/α-hetero) is 1. The molecule has 0 aromatic heterocycles. The molecule has 138 valence electrons. The van der Waals surface area contributed by atoms with Crippen molar-refractivity contribution in [1.29, 1.82) is 0 Å². The highest BCUT2D eigenvalue weighted by Gasteiger charge is 2.37. The standard InChI is InChI=1S/C21H28BrFO2/c1-8-25-18-15(19(24)21(6,7)23)11-14-13(12(2)3)9-10-20(4,5)16(14)17(18)22/h9,11-12H,8,10H2,1-7H3. The second-order valence-electron chi connectivity index (χ2n) is 8.13. The van der Waals surface area contributed by atoms with Crippen LogP contribution in [0.2, 0.25) is 0 Å². The zero-order valence-corrected chi connectivity index (χ0v) is 17.8. The molecule has 0 aliphatic heterocycles. The van der Waals surface area contributed by atoms with Gasteiger partial charge in [-0.1, -0.05) is 33.8 Å². The lowest BCUT2D eigenvalue weighted by Gasteiger charge is -2.36. The van der Waals surface area contributed by atoms with Crippen molar-refractivity contribution < 1.29 is 13.9 Å². The summed E-state index contributed by atoms with van der Waals surface area (Å²) in [6, 6.07) is 1.83. The molecule has 0 atom stereocenters. The number of carbonyl (C=O) groups is 1. The van der Waals surface area contributed by atoms with Crippen LogP contribution in [0.25, 0.3) is 5.57 Å². The molecule has 0 fully saturated rings. The van der Waals surface area contributed by atoms with Crippen LogP contribution in [0.1, 0.15) is 76.4 Å². The molecule has 0 unspecified atom stereocenters. The fourth-order valence-electron chi connectivity index (χ4n) is 3.42. The van der Waals surface area contributed by atoms with E-state index >= 15 is 0 Å². The number of hydrogen-bond acceptors (Lipinski definition) is 2. The van der Waals surface area contributed by atoms with E-state index < -0.39 is 11.5 Å². The minimum atomic E-state index is -1.95. The lowest BCUT2D eigenvalue weighted by molar-refractivity contribution is 0.0756. The van der Waals surface area contributed by atoms with Gasteiger partial charge in [-0.2, -0.15) is 0 Å². The summed E-state index contributed by atoms with van der Waals surface area (Å²) in [7, 11) is 0. The van der Waals surface area contributed by atoms with Crippen molar-refractivity contribution >= 4 is 27.3 Å². The van der Waals surface area contributed by atoms with Crippen molar-refractivity contribution in [3.63, 3.8) is 0 Å². The van der Waals surface area contributed by atoms with Crippen LogP contribution in [0.3, 0.4) is 0 Å². The van der Waals surface area contributed by atoms with E-state index in [1.54, 1.807) is 0 Å². The number of ketones is 1. The molecular weight excluding hydrogens is 383 g/mol. The first-order valence-corrected chi connectivity index (χ1v) is 9.65. The van der Waals surface area contributed by atoms with Crippen LogP contribution >= 0.6 is 15.9 Å². The number of ether oxygens (including phenoxy) is 1. The minimum Gasteiger partial charge on any atom is -0.492 e. The van der Waals surface area contributed by atoms with Gasteiger partial charge < -0.3 is 4.74 Å². The predicted molar refractivity (Wildman–Crippen MR) is 105 cm³/mol. The van der Waals surface area contributed by atoms with Crippen LogP contribution in [0.4, 0.5) is 4.39 Å². The third kappa shape index (κ3) is 3.69. The zero-order valence-electron chi connectivity index (χ0n) is 16.2. The molecule has 1 aliphatic rings. The highest BCUT2D eigenvalue weighted by molar-refractivity contribution is 9.10. The molecule has 25 heavy (non-hydrogen) atoms. The molecular formula is C21H28BrFO2. The number of alkyl halides is 1. The van der Waals surface area contributed by atoms with Crippen molar-refractivity contribution in [2.75, 3.05) is 6.61 Å². The topological polar surface area (TPSA) is 26.3 Å². The van der Waals surface area contributed by atoms with Gasteiger partial charge >= 0.3 is 0 Å². The first-order chi connectivity index (χ1) is 11.4. The average molecular weight is 411 g/mol. The van der Waals surface area contributed by atoms with Crippen molar-refractivity contribution in [2.24, 2.45) is 5.92 Å². The molecule has 0 bridgehead atoms. The lowest BCUT2D eigenvalue weighted by atomic mass is 9.70. The van der Waals surface area contributed by atoms with Gasteiger partial charge in [0, 0.05) is 0 Å². The molecule has 1 aliphatic carbocycles. The van der Waals surface area contributed by atoms with Crippen LogP contribution < -0.4 is 4.74 Å². The SMILES string of the molecule is CCOc1c(C(=O)C(C)(C)F)cc2c(c1Br)C(C)(C)CC=C2C(C)C. The van der Waals surface area contributed by atoms with E-state index in [1.165, 1.54) is 19.4 Å². The maximum atomic E-state index is 14.4. The number of fused-ring (bicyclic) bond motifs is 1. The van der Waals surface area contributed by atoms with Gasteiger partial charge in [-0.15, -0.1) is 0 Å². The van der Waals surface area contributed by atoms with Gasteiger partial charge in [0.25, 0.3) is 0 Å².